The molecule has 0 saturated heterocycles. The monoisotopic (exact) mass is 720 g/mol. The Morgan fingerprint density at radius 1 is 0.837 bits per heavy atom. The molecule has 0 aliphatic heterocycles. The molecular formula is C41H39BrF2N4O. The van der Waals surface area contributed by atoms with Gasteiger partial charge >= 0.3 is 0 Å². The molecule has 0 bridgehead atoms. The van der Waals surface area contributed by atoms with Crippen molar-refractivity contribution in [3.63, 3.8) is 0 Å². The number of fused-ring (bicyclic) bond motifs is 1. The molecule has 1 unspecified atom stereocenters. The van der Waals surface area contributed by atoms with Gasteiger partial charge in [0.05, 0.1) is 5.52 Å². The Bertz CT molecular complexity index is 1900. The largest absolute Gasteiger partial charge is 0.352 e. The first-order valence-corrected chi connectivity index (χ1v) is 17.4. The third-order valence-electron chi connectivity index (χ3n) is 9.29. The quantitative estimate of drug-likeness (QED) is 0.121. The van der Waals surface area contributed by atoms with E-state index >= 15 is 0 Å². The molecule has 0 saturated carbocycles. The molecule has 8 heteroatoms. The Labute approximate surface area is 294 Å². The molecule has 1 amide bonds. The summed E-state index contributed by atoms with van der Waals surface area (Å²) in [6.45, 7) is 3.88. The van der Waals surface area contributed by atoms with E-state index in [1.54, 1.807) is 0 Å². The molecule has 1 atom stereocenters. The first kappa shape index (κ1) is 34.2. The number of nitrogens with one attached hydrogen (secondary N) is 1. The van der Waals surface area contributed by atoms with Crippen LogP contribution in [0.5, 0.6) is 0 Å². The lowest BCUT2D eigenvalue weighted by Crippen LogP contribution is -2.38. The summed E-state index contributed by atoms with van der Waals surface area (Å²) in [5.41, 5.74) is 3.78. The van der Waals surface area contributed by atoms with Gasteiger partial charge in [-0.15, -0.1) is 0 Å². The smallest absolute Gasteiger partial charge is 0.251 e. The average Bonchev–Trinajstić information content (AvgIpc) is 3.46. The SMILES string of the molecule is CCN(C)CC(CCNC(=O)c1ccc2c(c1)c(Br)nn2C(c1ccccc1)(c1ccccc1)c1ccccc1)Cc1c(F)cccc1F. The van der Waals surface area contributed by atoms with E-state index in [9.17, 15) is 13.6 Å². The van der Waals surface area contributed by atoms with Gasteiger partial charge in [-0.25, -0.2) is 13.5 Å². The molecule has 250 valence electrons. The molecule has 0 fully saturated rings. The van der Waals surface area contributed by atoms with Crippen molar-refractivity contribution in [1.29, 1.82) is 0 Å². The van der Waals surface area contributed by atoms with E-state index in [0.717, 1.165) is 34.1 Å². The lowest BCUT2D eigenvalue weighted by atomic mass is 9.77. The summed E-state index contributed by atoms with van der Waals surface area (Å²) < 4.78 is 31.7. The van der Waals surface area contributed by atoms with Crippen molar-refractivity contribution >= 4 is 32.7 Å². The van der Waals surface area contributed by atoms with Gasteiger partial charge in [-0.2, -0.15) is 5.10 Å². The van der Waals surface area contributed by atoms with Gasteiger partial charge in [0.15, 0.2) is 0 Å². The fraction of sp³-hybridized carbons (Fsp3) is 0.220. The van der Waals surface area contributed by atoms with E-state index in [1.807, 2.05) is 91.4 Å². The summed E-state index contributed by atoms with van der Waals surface area (Å²) in [5, 5.41) is 8.95. The summed E-state index contributed by atoms with van der Waals surface area (Å²) in [7, 11) is 1.98. The number of rotatable bonds is 13. The van der Waals surface area contributed by atoms with Crippen LogP contribution < -0.4 is 5.32 Å². The molecular weight excluding hydrogens is 682 g/mol. The van der Waals surface area contributed by atoms with Crippen LogP contribution in [0, 0.1) is 17.6 Å². The van der Waals surface area contributed by atoms with Crippen molar-refractivity contribution in [3.05, 3.63) is 171 Å². The Balaban J connectivity index is 1.31. The normalized spacial score (nSPS) is 12.4. The number of hydrogen-bond donors (Lipinski definition) is 1. The number of aromatic nitrogens is 2. The molecule has 6 aromatic rings. The van der Waals surface area contributed by atoms with Crippen molar-refractivity contribution in [1.82, 2.24) is 20.0 Å². The topological polar surface area (TPSA) is 50.2 Å². The van der Waals surface area contributed by atoms with Gasteiger partial charge in [-0.1, -0.05) is 104 Å². The molecule has 1 N–H and O–H groups in total. The van der Waals surface area contributed by atoms with E-state index in [2.05, 4.69) is 62.5 Å². The maximum absolute atomic E-state index is 14.5. The fourth-order valence-electron chi connectivity index (χ4n) is 6.72. The third-order valence-corrected chi connectivity index (χ3v) is 9.88. The summed E-state index contributed by atoms with van der Waals surface area (Å²) in [6, 6.07) is 40.6. The Morgan fingerprint density at radius 3 is 1.92 bits per heavy atom. The Hall–Kier alpha value is -4.66. The van der Waals surface area contributed by atoms with Gasteiger partial charge in [0.25, 0.3) is 5.91 Å². The molecule has 6 rings (SSSR count). The van der Waals surface area contributed by atoms with Crippen LogP contribution in [0.15, 0.2) is 132 Å². The van der Waals surface area contributed by atoms with Crippen LogP contribution in [0.2, 0.25) is 0 Å². The Morgan fingerprint density at radius 2 is 1.39 bits per heavy atom. The second kappa shape index (κ2) is 15.3. The average molecular weight is 722 g/mol. The maximum Gasteiger partial charge on any atom is 0.251 e. The number of halogens is 3. The van der Waals surface area contributed by atoms with Gasteiger partial charge in [0.1, 0.15) is 21.8 Å². The van der Waals surface area contributed by atoms with E-state index < -0.39 is 17.2 Å². The molecule has 5 nitrogen and oxygen atoms in total. The number of amides is 1. The molecule has 0 radical (unpaired) electrons. The van der Waals surface area contributed by atoms with Crippen molar-refractivity contribution in [2.45, 2.75) is 25.3 Å². The molecule has 0 spiro atoms. The minimum atomic E-state index is -0.809. The number of hydrogen-bond acceptors (Lipinski definition) is 3. The highest BCUT2D eigenvalue weighted by atomic mass is 79.9. The molecule has 1 heterocycles. The summed E-state index contributed by atoms with van der Waals surface area (Å²) in [6.07, 6.45) is 0.824. The van der Waals surface area contributed by atoms with Crippen LogP contribution in [0.1, 0.15) is 46.0 Å². The van der Waals surface area contributed by atoms with Gasteiger partial charge < -0.3 is 10.2 Å². The van der Waals surface area contributed by atoms with E-state index in [1.165, 1.54) is 18.2 Å². The van der Waals surface area contributed by atoms with Gasteiger partial charge in [0.2, 0.25) is 0 Å². The lowest BCUT2D eigenvalue weighted by molar-refractivity contribution is 0.0950. The molecule has 1 aromatic heterocycles. The zero-order chi connectivity index (χ0) is 34.4. The number of nitrogens with zero attached hydrogens (tertiary/aromatic N) is 3. The van der Waals surface area contributed by atoms with Crippen LogP contribution in [0.3, 0.4) is 0 Å². The summed E-state index contributed by atoms with van der Waals surface area (Å²) in [5.74, 6) is -1.35. The van der Waals surface area contributed by atoms with Crippen LogP contribution in [-0.4, -0.2) is 47.3 Å². The standard InChI is InChI=1S/C41H39BrF2N4O/c1-3-47(2)28-29(26-34-36(43)20-13-21-37(34)44)24-25-45-40(49)30-22-23-38-35(27-30)39(42)46-48(38)41(31-14-7-4-8-15-31,32-16-9-5-10-17-32)33-18-11-6-12-19-33/h4-23,27,29H,3,24-26,28H2,1-2H3,(H,45,49). The molecule has 5 aromatic carbocycles. The highest BCUT2D eigenvalue weighted by Gasteiger charge is 2.40. The van der Waals surface area contributed by atoms with Crippen molar-refractivity contribution < 1.29 is 13.6 Å². The predicted molar refractivity (Wildman–Crippen MR) is 196 cm³/mol. The lowest BCUT2D eigenvalue weighted by Gasteiger charge is -2.37. The minimum absolute atomic E-state index is 0.0476. The van der Waals surface area contributed by atoms with Crippen molar-refractivity contribution in [3.8, 4) is 0 Å². The predicted octanol–water partition coefficient (Wildman–Crippen LogP) is 8.85. The van der Waals surface area contributed by atoms with E-state index in [4.69, 9.17) is 5.10 Å². The van der Waals surface area contributed by atoms with Gasteiger partial charge in [0, 0.05) is 29.6 Å². The van der Waals surface area contributed by atoms with Crippen LogP contribution in [0.25, 0.3) is 10.9 Å². The number of carbonyl (C=O) groups excluding carboxylic acids is 1. The van der Waals surface area contributed by atoms with Crippen molar-refractivity contribution in [2.24, 2.45) is 5.92 Å². The van der Waals surface area contributed by atoms with E-state index in [-0.39, 0.29) is 23.8 Å². The number of carbonyl (C=O) groups is 1. The molecule has 0 aliphatic carbocycles. The summed E-state index contributed by atoms with van der Waals surface area (Å²) in [4.78, 5) is 15.6. The first-order chi connectivity index (χ1) is 23.8. The second-order valence-electron chi connectivity index (χ2n) is 12.4. The summed E-state index contributed by atoms with van der Waals surface area (Å²) >= 11 is 3.73. The zero-order valence-electron chi connectivity index (χ0n) is 27.6. The first-order valence-electron chi connectivity index (χ1n) is 16.6. The van der Waals surface area contributed by atoms with E-state index in [0.29, 0.717) is 29.7 Å². The minimum Gasteiger partial charge on any atom is -0.352 e. The molecule has 0 aliphatic rings. The third kappa shape index (κ3) is 7.07. The highest BCUT2D eigenvalue weighted by molar-refractivity contribution is 9.10. The van der Waals surface area contributed by atoms with Gasteiger partial charge in [-0.05, 0) is 95.3 Å². The van der Waals surface area contributed by atoms with Crippen LogP contribution in [0.4, 0.5) is 8.78 Å². The molecule has 49 heavy (non-hydrogen) atoms. The second-order valence-corrected chi connectivity index (χ2v) is 13.2. The maximum atomic E-state index is 14.5. The van der Waals surface area contributed by atoms with Crippen LogP contribution in [-0.2, 0) is 12.0 Å². The van der Waals surface area contributed by atoms with Gasteiger partial charge in [-0.3, -0.25) is 4.79 Å². The highest BCUT2D eigenvalue weighted by Crippen LogP contribution is 2.43. The zero-order valence-corrected chi connectivity index (χ0v) is 29.2. The Kier molecular flexibility index (Phi) is 10.7. The van der Waals surface area contributed by atoms with Crippen LogP contribution >= 0.6 is 15.9 Å². The fourth-order valence-corrected chi connectivity index (χ4v) is 7.20. The van der Waals surface area contributed by atoms with Crippen molar-refractivity contribution in [2.75, 3.05) is 26.7 Å². The number of benzene rings is 5.